The molecule has 0 aliphatic heterocycles. The van der Waals surface area contributed by atoms with Crippen molar-refractivity contribution in [1.82, 2.24) is 9.97 Å². The third-order valence-electron chi connectivity index (χ3n) is 4.20. The van der Waals surface area contributed by atoms with E-state index in [-0.39, 0.29) is 0 Å². The highest BCUT2D eigenvalue weighted by atomic mass is 16.5. The second-order valence-corrected chi connectivity index (χ2v) is 6.47. The van der Waals surface area contributed by atoms with Crippen LogP contribution in [0.2, 0.25) is 0 Å². The predicted octanol–water partition coefficient (Wildman–Crippen LogP) is 5.46. The van der Waals surface area contributed by atoms with Crippen LogP contribution in [-0.2, 0) is 13.0 Å². The Morgan fingerprint density at radius 1 is 0.741 bits per heavy atom. The maximum Gasteiger partial charge on any atom is 0.232 e. The van der Waals surface area contributed by atoms with Crippen molar-refractivity contribution < 1.29 is 9.47 Å². The highest BCUT2D eigenvalue weighted by Crippen LogP contribution is 2.21. The molecule has 3 aromatic rings. The monoisotopic (exact) mass is 362 g/mol. The molecule has 0 radical (unpaired) electrons. The first-order valence-corrected chi connectivity index (χ1v) is 9.54. The number of nitrogens with zero attached hydrogens (tertiary/aromatic N) is 2. The zero-order valence-corrected chi connectivity index (χ0v) is 16.0. The van der Waals surface area contributed by atoms with Gasteiger partial charge in [-0.05, 0) is 48.2 Å². The van der Waals surface area contributed by atoms with Gasteiger partial charge in [-0.1, -0.05) is 44.5 Å². The second-order valence-electron chi connectivity index (χ2n) is 6.47. The third kappa shape index (κ3) is 5.55. The lowest BCUT2D eigenvalue weighted by Crippen LogP contribution is -1.99. The van der Waals surface area contributed by atoms with E-state index < -0.39 is 0 Å². The molecule has 0 saturated carbocycles. The summed E-state index contributed by atoms with van der Waals surface area (Å²) in [4.78, 5) is 8.84. The van der Waals surface area contributed by atoms with Gasteiger partial charge in [0.25, 0.3) is 0 Å². The minimum Gasteiger partial charge on any atom is -0.494 e. The van der Waals surface area contributed by atoms with Crippen LogP contribution in [0.15, 0.2) is 60.9 Å². The minimum absolute atomic E-state index is 0.490. The first kappa shape index (κ1) is 18.9. The van der Waals surface area contributed by atoms with E-state index in [0.29, 0.717) is 12.5 Å². The summed E-state index contributed by atoms with van der Waals surface area (Å²) >= 11 is 0. The van der Waals surface area contributed by atoms with Crippen LogP contribution in [0, 0.1) is 0 Å². The third-order valence-corrected chi connectivity index (χ3v) is 4.20. The van der Waals surface area contributed by atoms with E-state index in [0.717, 1.165) is 48.4 Å². The molecule has 4 nitrogen and oxygen atoms in total. The van der Waals surface area contributed by atoms with Gasteiger partial charge >= 0.3 is 0 Å². The zero-order chi connectivity index (χ0) is 18.9. The molecule has 1 heterocycles. The van der Waals surface area contributed by atoms with Gasteiger partial charge in [-0.25, -0.2) is 9.97 Å². The van der Waals surface area contributed by atoms with Crippen LogP contribution in [0.4, 0.5) is 0 Å². The lowest BCUT2D eigenvalue weighted by molar-refractivity contribution is 0.292. The lowest BCUT2D eigenvalue weighted by atomic mass is 10.1. The van der Waals surface area contributed by atoms with Crippen molar-refractivity contribution in [3.05, 3.63) is 72.1 Å². The Morgan fingerprint density at radius 2 is 1.48 bits per heavy atom. The van der Waals surface area contributed by atoms with Crippen molar-refractivity contribution in [2.45, 2.75) is 39.7 Å². The number of rotatable bonds is 9. The van der Waals surface area contributed by atoms with E-state index in [1.54, 1.807) is 12.4 Å². The number of aryl methyl sites for hydroxylation is 1. The number of aromatic nitrogens is 2. The van der Waals surface area contributed by atoms with E-state index >= 15 is 0 Å². The number of benzene rings is 2. The molecule has 0 amide bonds. The van der Waals surface area contributed by atoms with Gasteiger partial charge in [0, 0.05) is 5.56 Å². The Labute approximate surface area is 161 Å². The smallest absolute Gasteiger partial charge is 0.232 e. The molecular weight excluding hydrogens is 336 g/mol. The summed E-state index contributed by atoms with van der Waals surface area (Å²) in [5.74, 6) is 1.40. The van der Waals surface area contributed by atoms with Crippen LogP contribution in [-0.4, -0.2) is 16.6 Å². The molecule has 0 aliphatic carbocycles. The van der Waals surface area contributed by atoms with Crippen molar-refractivity contribution in [1.29, 1.82) is 0 Å². The normalized spacial score (nSPS) is 10.6. The van der Waals surface area contributed by atoms with Gasteiger partial charge in [0.2, 0.25) is 5.88 Å². The topological polar surface area (TPSA) is 44.2 Å². The summed E-state index contributed by atoms with van der Waals surface area (Å²) < 4.78 is 11.4. The minimum atomic E-state index is 0.490. The zero-order valence-electron chi connectivity index (χ0n) is 16.0. The second kappa shape index (κ2) is 9.72. The summed E-state index contributed by atoms with van der Waals surface area (Å²) in [5, 5.41) is 0. The summed E-state index contributed by atoms with van der Waals surface area (Å²) in [6.45, 7) is 5.50. The summed E-state index contributed by atoms with van der Waals surface area (Å²) in [6.07, 6.45) is 6.67. The average molecular weight is 362 g/mol. The molecule has 0 unspecified atom stereocenters. The van der Waals surface area contributed by atoms with Gasteiger partial charge in [0.05, 0.1) is 24.7 Å². The molecule has 4 heteroatoms. The maximum atomic E-state index is 5.75. The van der Waals surface area contributed by atoms with Gasteiger partial charge in [-0.2, -0.15) is 0 Å². The van der Waals surface area contributed by atoms with E-state index in [4.69, 9.17) is 9.47 Å². The van der Waals surface area contributed by atoms with Crippen LogP contribution >= 0.6 is 0 Å². The molecule has 0 N–H and O–H groups in total. The Morgan fingerprint density at radius 3 is 2.11 bits per heavy atom. The molecular formula is C23H26N2O2. The molecule has 2 aromatic carbocycles. The number of ether oxygens (including phenoxy) is 2. The highest BCUT2D eigenvalue weighted by Gasteiger charge is 2.03. The van der Waals surface area contributed by atoms with E-state index in [9.17, 15) is 0 Å². The van der Waals surface area contributed by atoms with Crippen molar-refractivity contribution in [2.24, 2.45) is 0 Å². The fourth-order valence-electron chi connectivity index (χ4n) is 2.73. The number of hydrogen-bond donors (Lipinski definition) is 0. The van der Waals surface area contributed by atoms with Gasteiger partial charge < -0.3 is 9.47 Å². The summed E-state index contributed by atoms with van der Waals surface area (Å²) in [7, 11) is 0. The molecule has 0 aliphatic rings. The lowest BCUT2D eigenvalue weighted by Gasteiger charge is -2.08. The molecule has 27 heavy (non-hydrogen) atoms. The fraction of sp³-hybridized carbons (Fsp3) is 0.304. The molecule has 0 saturated heterocycles. The van der Waals surface area contributed by atoms with Crippen LogP contribution in [0.5, 0.6) is 11.6 Å². The summed E-state index contributed by atoms with van der Waals surface area (Å²) in [5.41, 5.74) is 4.30. The molecule has 3 rings (SSSR count). The fourth-order valence-corrected chi connectivity index (χ4v) is 2.73. The van der Waals surface area contributed by atoms with E-state index in [1.807, 2.05) is 24.3 Å². The Hall–Kier alpha value is -2.88. The molecule has 0 spiro atoms. The van der Waals surface area contributed by atoms with Crippen LogP contribution < -0.4 is 9.47 Å². The molecule has 0 fully saturated rings. The van der Waals surface area contributed by atoms with Crippen molar-refractivity contribution >= 4 is 0 Å². The SMILES string of the molecule is CCCOc1ccc(-c2cnc(OCc3ccc(CCC)cc3)cn2)cc1. The maximum absolute atomic E-state index is 5.75. The average Bonchev–Trinajstić information content (AvgIpc) is 2.73. The first-order chi connectivity index (χ1) is 13.3. The van der Waals surface area contributed by atoms with Crippen LogP contribution in [0.3, 0.4) is 0 Å². The standard InChI is InChI=1S/C23H26N2O2/c1-3-5-18-6-8-19(9-7-18)17-27-23-16-24-22(15-25-23)20-10-12-21(13-11-20)26-14-4-2/h6-13,15-16H,3-5,14,17H2,1-2H3. The molecule has 140 valence electrons. The largest absolute Gasteiger partial charge is 0.494 e. The predicted molar refractivity (Wildman–Crippen MR) is 108 cm³/mol. The van der Waals surface area contributed by atoms with Crippen molar-refractivity contribution in [3.8, 4) is 22.9 Å². The Balaban J connectivity index is 1.56. The number of hydrogen-bond acceptors (Lipinski definition) is 4. The van der Waals surface area contributed by atoms with Crippen molar-refractivity contribution in [2.75, 3.05) is 6.61 Å². The van der Waals surface area contributed by atoms with E-state index in [2.05, 4.69) is 48.1 Å². The Kier molecular flexibility index (Phi) is 6.80. The van der Waals surface area contributed by atoms with Gasteiger partial charge in [0.1, 0.15) is 12.4 Å². The van der Waals surface area contributed by atoms with Gasteiger partial charge in [-0.3, -0.25) is 0 Å². The van der Waals surface area contributed by atoms with Crippen molar-refractivity contribution in [3.63, 3.8) is 0 Å². The first-order valence-electron chi connectivity index (χ1n) is 9.54. The van der Waals surface area contributed by atoms with Gasteiger partial charge in [0.15, 0.2) is 0 Å². The van der Waals surface area contributed by atoms with Gasteiger partial charge in [-0.15, -0.1) is 0 Å². The Bertz CT molecular complexity index is 813. The molecule has 0 atom stereocenters. The quantitative estimate of drug-likeness (QED) is 0.507. The molecule has 1 aromatic heterocycles. The van der Waals surface area contributed by atoms with Crippen LogP contribution in [0.1, 0.15) is 37.8 Å². The van der Waals surface area contributed by atoms with Crippen LogP contribution in [0.25, 0.3) is 11.3 Å². The summed E-state index contributed by atoms with van der Waals surface area (Å²) in [6, 6.07) is 16.4. The van der Waals surface area contributed by atoms with E-state index in [1.165, 1.54) is 5.56 Å². The molecule has 0 bridgehead atoms. The highest BCUT2D eigenvalue weighted by molar-refractivity contribution is 5.59.